The average molecular weight is 323 g/mol. The van der Waals surface area contributed by atoms with E-state index in [-0.39, 0.29) is 0 Å². The molecule has 1 aromatic carbocycles. The zero-order valence-electron chi connectivity index (χ0n) is 13.6. The van der Waals surface area contributed by atoms with Gasteiger partial charge < -0.3 is 16.4 Å². The van der Waals surface area contributed by atoms with Crippen molar-refractivity contribution >= 4 is 35.3 Å². The number of para-hydroxylation sites is 1. The topological polar surface area (TPSA) is 92.4 Å². The molecule has 0 fully saturated rings. The van der Waals surface area contributed by atoms with E-state index in [9.17, 15) is 4.79 Å². The molecule has 0 spiro atoms. The second-order valence-corrected chi connectivity index (χ2v) is 5.01. The van der Waals surface area contributed by atoms with E-state index < -0.39 is 0 Å². The molecule has 0 unspecified atom stereocenters. The van der Waals surface area contributed by atoms with E-state index in [1.807, 2.05) is 30.3 Å². The number of amides is 1. The Morgan fingerprint density at radius 3 is 2.88 bits per heavy atom. The lowest BCUT2D eigenvalue weighted by Gasteiger charge is -2.16. The lowest BCUT2D eigenvalue weighted by Crippen LogP contribution is -2.08. The van der Waals surface area contributed by atoms with Crippen LogP contribution in [-0.2, 0) is 4.79 Å². The van der Waals surface area contributed by atoms with Gasteiger partial charge in [0.2, 0.25) is 6.41 Å². The molecular weight excluding hydrogens is 302 g/mol. The van der Waals surface area contributed by atoms with Crippen molar-refractivity contribution in [1.29, 1.82) is 0 Å². The van der Waals surface area contributed by atoms with E-state index in [2.05, 4.69) is 27.5 Å². The van der Waals surface area contributed by atoms with Gasteiger partial charge in [-0.05, 0) is 24.6 Å². The smallest absolute Gasteiger partial charge is 0.211 e. The second-order valence-electron chi connectivity index (χ2n) is 5.01. The fraction of sp³-hybridized carbons (Fsp3) is 0.167. The Balaban J connectivity index is 2.38. The van der Waals surface area contributed by atoms with Gasteiger partial charge in [-0.15, -0.1) is 0 Å². The van der Waals surface area contributed by atoms with Crippen molar-refractivity contribution in [3.05, 3.63) is 54.5 Å². The number of carbonyl (C=O) groups excluding carboxylic acids is 1. The van der Waals surface area contributed by atoms with E-state index in [1.54, 1.807) is 18.6 Å². The zero-order chi connectivity index (χ0) is 17.2. The summed E-state index contributed by atoms with van der Waals surface area (Å²) < 4.78 is 0. The number of nitrogens with zero attached hydrogens (tertiary/aromatic N) is 2. The fourth-order valence-corrected chi connectivity index (χ4v) is 2.19. The molecule has 2 rings (SSSR count). The maximum atomic E-state index is 10.9. The number of hydrogen-bond donors (Lipinski definition) is 3. The van der Waals surface area contributed by atoms with Gasteiger partial charge in [0.1, 0.15) is 0 Å². The van der Waals surface area contributed by atoms with E-state index >= 15 is 0 Å². The Kier molecular flexibility index (Phi) is 6.52. The molecule has 0 radical (unpaired) electrons. The SMILES string of the molecule is CCCNc1c(NC=O)cccc1C(C=Nc1cccnc1)=CN. The summed E-state index contributed by atoms with van der Waals surface area (Å²) in [5.41, 5.74) is 9.67. The van der Waals surface area contributed by atoms with Crippen molar-refractivity contribution in [2.75, 3.05) is 17.2 Å². The third-order valence-corrected chi connectivity index (χ3v) is 3.32. The normalized spacial score (nSPS) is 11.5. The molecular formula is C18H21N5O. The first-order chi connectivity index (χ1) is 11.8. The molecule has 0 bridgehead atoms. The van der Waals surface area contributed by atoms with Gasteiger partial charge in [0, 0.05) is 36.3 Å². The first-order valence-corrected chi connectivity index (χ1v) is 7.73. The van der Waals surface area contributed by atoms with Gasteiger partial charge in [0.15, 0.2) is 0 Å². The highest BCUT2D eigenvalue weighted by Crippen LogP contribution is 2.30. The lowest BCUT2D eigenvalue weighted by molar-refractivity contribution is -0.105. The van der Waals surface area contributed by atoms with Gasteiger partial charge in [0.05, 0.1) is 23.3 Å². The van der Waals surface area contributed by atoms with Gasteiger partial charge in [0.25, 0.3) is 0 Å². The summed E-state index contributed by atoms with van der Waals surface area (Å²) in [5.74, 6) is 0. The predicted molar refractivity (Wildman–Crippen MR) is 99.5 cm³/mol. The van der Waals surface area contributed by atoms with Crippen LogP contribution in [-0.4, -0.2) is 24.2 Å². The van der Waals surface area contributed by atoms with Crippen LogP contribution in [0.25, 0.3) is 5.57 Å². The highest BCUT2D eigenvalue weighted by atomic mass is 16.1. The largest absolute Gasteiger partial charge is 0.404 e. The maximum absolute atomic E-state index is 10.9. The molecule has 0 aliphatic carbocycles. The van der Waals surface area contributed by atoms with Crippen LogP contribution >= 0.6 is 0 Å². The summed E-state index contributed by atoms with van der Waals surface area (Å²) in [6, 6.07) is 9.31. The highest BCUT2D eigenvalue weighted by molar-refractivity contribution is 6.13. The summed E-state index contributed by atoms with van der Waals surface area (Å²) in [6.07, 6.45) is 8.17. The summed E-state index contributed by atoms with van der Waals surface area (Å²) in [6.45, 7) is 2.86. The van der Waals surface area contributed by atoms with Crippen LogP contribution in [0.3, 0.4) is 0 Å². The molecule has 0 saturated heterocycles. The number of aliphatic imine (C=N–C) groups is 1. The maximum Gasteiger partial charge on any atom is 0.211 e. The molecule has 124 valence electrons. The Labute approximate surface area is 141 Å². The monoisotopic (exact) mass is 323 g/mol. The van der Waals surface area contributed by atoms with Crippen molar-refractivity contribution in [3.8, 4) is 0 Å². The number of carbonyl (C=O) groups is 1. The quantitative estimate of drug-likeness (QED) is 0.514. The van der Waals surface area contributed by atoms with Crippen LogP contribution in [0.4, 0.5) is 17.1 Å². The molecule has 0 saturated carbocycles. The first-order valence-electron chi connectivity index (χ1n) is 7.73. The van der Waals surface area contributed by atoms with Gasteiger partial charge >= 0.3 is 0 Å². The number of anilines is 2. The number of pyridine rings is 1. The summed E-state index contributed by atoms with van der Waals surface area (Å²) in [5, 5.41) is 6.05. The molecule has 1 aromatic heterocycles. The average Bonchev–Trinajstić information content (AvgIpc) is 2.62. The number of benzene rings is 1. The first kappa shape index (κ1) is 17.2. The van der Waals surface area contributed by atoms with Gasteiger partial charge in [-0.1, -0.05) is 19.1 Å². The minimum atomic E-state index is 0.659. The van der Waals surface area contributed by atoms with Crippen molar-refractivity contribution in [3.63, 3.8) is 0 Å². The van der Waals surface area contributed by atoms with Crippen LogP contribution in [0.5, 0.6) is 0 Å². The third-order valence-electron chi connectivity index (χ3n) is 3.32. The minimum absolute atomic E-state index is 0.659. The molecule has 1 amide bonds. The summed E-state index contributed by atoms with van der Waals surface area (Å²) in [7, 11) is 0. The molecule has 0 atom stereocenters. The van der Waals surface area contributed by atoms with Crippen molar-refractivity contribution < 1.29 is 4.79 Å². The van der Waals surface area contributed by atoms with Gasteiger partial charge in [-0.25, -0.2) is 0 Å². The highest BCUT2D eigenvalue weighted by Gasteiger charge is 2.10. The number of nitrogens with one attached hydrogen (secondary N) is 2. The zero-order valence-corrected chi connectivity index (χ0v) is 13.6. The molecule has 1 heterocycles. The molecule has 4 N–H and O–H groups in total. The van der Waals surface area contributed by atoms with Crippen LogP contribution in [0, 0.1) is 0 Å². The number of hydrogen-bond acceptors (Lipinski definition) is 5. The molecule has 6 nitrogen and oxygen atoms in total. The lowest BCUT2D eigenvalue weighted by atomic mass is 10.0. The Hall–Kier alpha value is -3.15. The molecule has 6 heteroatoms. The summed E-state index contributed by atoms with van der Waals surface area (Å²) >= 11 is 0. The van der Waals surface area contributed by atoms with E-state index in [0.717, 1.165) is 35.5 Å². The number of rotatable bonds is 8. The van der Waals surface area contributed by atoms with Crippen LogP contribution < -0.4 is 16.4 Å². The number of allylic oxidation sites excluding steroid dienone is 1. The number of aromatic nitrogens is 1. The second kappa shape index (κ2) is 9.09. The van der Waals surface area contributed by atoms with Crippen molar-refractivity contribution in [1.82, 2.24) is 4.98 Å². The van der Waals surface area contributed by atoms with Crippen molar-refractivity contribution in [2.24, 2.45) is 10.7 Å². The van der Waals surface area contributed by atoms with E-state index in [0.29, 0.717) is 12.1 Å². The standard InChI is InChI=1S/C18H21N5O/c1-2-8-21-18-16(6-3-7-17(18)23-13-24)14(10-19)11-22-15-5-4-9-20-12-15/h3-7,9-13,21H,2,8,19H2,1H3,(H,23,24). The minimum Gasteiger partial charge on any atom is -0.404 e. The Bertz CT molecular complexity index is 725. The van der Waals surface area contributed by atoms with Gasteiger partial charge in [-0.2, -0.15) is 0 Å². The van der Waals surface area contributed by atoms with E-state index in [1.165, 1.54) is 6.20 Å². The predicted octanol–water partition coefficient (Wildman–Crippen LogP) is 3.17. The molecule has 24 heavy (non-hydrogen) atoms. The van der Waals surface area contributed by atoms with Crippen LogP contribution in [0.15, 0.2) is 53.9 Å². The Morgan fingerprint density at radius 2 is 2.21 bits per heavy atom. The van der Waals surface area contributed by atoms with E-state index in [4.69, 9.17) is 5.73 Å². The number of nitrogens with two attached hydrogens (primary N) is 1. The molecule has 2 aromatic rings. The van der Waals surface area contributed by atoms with Crippen molar-refractivity contribution in [2.45, 2.75) is 13.3 Å². The molecule has 0 aliphatic heterocycles. The Morgan fingerprint density at radius 1 is 1.33 bits per heavy atom. The van der Waals surface area contributed by atoms with Crippen LogP contribution in [0.1, 0.15) is 18.9 Å². The van der Waals surface area contributed by atoms with Gasteiger partial charge in [-0.3, -0.25) is 14.8 Å². The fourth-order valence-electron chi connectivity index (χ4n) is 2.19. The van der Waals surface area contributed by atoms with Crippen LogP contribution in [0.2, 0.25) is 0 Å². The molecule has 0 aliphatic rings. The summed E-state index contributed by atoms with van der Waals surface area (Å²) in [4.78, 5) is 19.3. The third kappa shape index (κ3) is 4.42.